The van der Waals surface area contributed by atoms with Gasteiger partial charge in [0.2, 0.25) is 10.0 Å². The molecule has 2 heterocycles. The van der Waals surface area contributed by atoms with Gasteiger partial charge in [-0.05, 0) is 19.4 Å². The Morgan fingerprint density at radius 1 is 1.17 bits per heavy atom. The zero-order valence-electron chi connectivity index (χ0n) is 16.4. The number of nitrogens with one attached hydrogen (secondary N) is 1. The van der Waals surface area contributed by atoms with E-state index in [4.69, 9.17) is 0 Å². The summed E-state index contributed by atoms with van der Waals surface area (Å²) in [5.41, 5.74) is 2.28. The van der Waals surface area contributed by atoms with Gasteiger partial charge < -0.3 is 4.90 Å². The summed E-state index contributed by atoms with van der Waals surface area (Å²) in [6.45, 7) is 5.05. The Bertz CT molecular complexity index is 1090. The van der Waals surface area contributed by atoms with Gasteiger partial charge in [0.25, 0.3) is 5.91 Å². The van der Waals surface area contributed by atoms with Crippen LogP contribution < -0.4 is 9.62 Å². The lowest BCUT2D eigenvalue weighted by atomic mass is 10.2. The number of thiazole rings is 2. The summed E-state index contributed by atoms with van der Waals surface area (Å²) in [5.74, 6) is -0.706. The van der Waals surface area contributed by atoms with Gasteiger partial charge in [0.05, 0.1) is 17.0 Å². The molecule has 0 aliphatic carbocycles. The Balaban J connectivity index is 1.84. The van der Waals surface area contributed by atoms with Gasteiger partial charge in [0.1, 0.15) is 5.69 Å². The molecule has 0 fully saturated rings. The highest BCUT2D eigenvalue weighted by atomic mass is 32.2. The number of anilines is 1. The smallest absolute Gasteiger partial charge is 0.284 e. The highest BCUT2D eigenvalue weighted by Gasteiger charge is 2.21. The molecule has 0 bridgehead atoms. The second-order valence-electron chi connectivity index (χ2n) is 6.62. The maximum absolute atomic E-state index is 12.3. The summed E-state index contributed by atoms with van der Waals surface area (Å²) >= 11 is 3.00. The largest absolute Gasteiger partial charge is 0.343 e. The zero-order valence-corrected chi connectivity index (χ0v) is 18.8. The van der Waals surface area contributed by atoms with E-state index in [1.165, 1.54) is 11.3 Å². The molecule has 0 radical (unpaired) electrons. The lowest BCUT2D eigenvalue weighted by molar-refractivity contribution is 0.0977. The number of benzene rings is 1. The van der Waals surface area contributed by atoms with Gasteiger partial charge in [-0.25, -0.2) is 23.1 Å². The second kappa shape index (κ2) is 9.02. The number of aromatic nitrogens is 2. The van der Waals surface area contributed by atoms with Crippen LogP contribution in [0.5, 0.6) is 0 Å². The van der Waals surface area contributed by atoms with E-state index in [1.54, 1.807) is 18.3 Å². The number of hydrogen-bond donors (Lipinski definition) is 1. The van der Waals surface area contributed by atoms with Crippen molar-refractivity contribution in [2.75, 3.05) is 17.7 Å². The first-order valence-corrected chi connectivity index (χ1v) is 12.5. The number of carbonyl (C=O) groups is 1. The van der Waals surface area contributed by atoms with Crippen LogP contribution in [0.15, 0.2) is 35.7 Å². The predicted octanol–water partition coefficient (Wildman–Crippen LogP) is 3.16. The molecular weight excluding hydrogens is 428 g/mol. The first-order chi connectivity index (χ1) is 13.7. The molecule has 154 valence electrons. The molecule has 2 aromatic heterocycles. The molecule has 0 spiro atoms. The number of hydrogen-bond acceptors (Lipinski definition) is 8. The number of sulfonamides is 1. The molecule has 3 rings (SSSR count). The lowest BCUT2D eigenvalue weighted by Gasteiger charge is -2.21. The Morgan fingerprint density at radius 2 is 1.90 bits per heavy atom. The van der Waals surface area contributed by atoms with E-state index in [0.717, 1.165) is 28.9 Å². The molecule has 0 saturated heterocycles. The quantitative estimate of drug-likeness (QED) is 0.567. The van der Waals surface area contributed by atoms with Crippen molar-refractivity contribution < 1.29 is 13.2 Å². The predicted molar refractivity (Wildman–Crippen MR) is 117 cm³/mol. The summed E-state index contributed by atoms with van der Waals surface area (Å²) in [7, 11) is -3.65. The third-order valence-corrected chi connectivity index (χ3v) is 6.48. The molecule has 29 heavy (non-hydrogen) atoms. The van der Waals surface area contributed by atoms with Crippen molar-refractivity contribution in [3.63, 3.8) is 0 Å². The van der Waals surface area contributed by atoms with Crippen LogP contribution in [0.1, 0.15) is 31.6 Å². The summed E-state index contributed by atoms with van der Waals surface area (Å²) in [4.78, 5) is 24.0. The zero-order chi connectivity index (χ0) is 21.0. The second-order valence-corrected chi connectivity index (χ2v) is 10.6. The number of carbonyl (C=O) groups excluding carboxylic acids is 1. The Hall–Kier alpha value is -2.30. The fourth-order valence-electron chi connectivity index (χ4n) is 2.76. The van der Waals surface area contributed by atoms with E-state index in [-0.39, 0.29) is 5.69 Å². The fraction of sp³-hybridized carbons (Fsp3) is 0.316. The van der Waals surface area contributed by atoms with Crippen molar-refractivity contribution in [3.05, 3.63) is 62.5 Å². The minimum absolute atomic E-state index is 0.137. The Labute approximate surface area is 178 Å². The van der Waals surface area contributed by atoms with E-state index in [2.05, 4.69) is 14.9 Å². The molecule has 0 unspecified atom stereocenters. The first-order valence-electron chi connectivity index (χ1n) is 8.90. The van der Waals surface area contributed by atoms with Crippen LogP contribution in [0.4, 0.5) is 5.13 Å². The standard InChI is InChI=1S/C19H22N4O3S3/c1-13-17(18(24)22-29(3,25)26)21-19(28-13)23(11-15-7-5-4-6-8-15)10-9-16-12-27-14(2)20-16/h4-8,12H,9-11H2,1-3H3,(H,22,24). The summed E-state index contributed by atoms with van der Waals surface area (Å²) in [6, 6.07) is 10.0. The molecule has 1 N–H and O–H groups in total. The minimum Gasteiger partial charge on any atom is -0.343 e. The van der Waals surface area contributed by atoms with Crippen molar-refractivity contribution in [1.29, 1.82) is 0 Å². The van der Waals surface area contributed by atoms with Gasteiger partial charge in [-0.2, -0.15) is 0 Å². The topological polar surface area (TPSA) is 92.3 Å². The Morgan fingerprint density at radius 3 is 2.52 bits per heavy atom. The first kappa shape index (κ1) is 21.4. The van der Waals surface area contributed by atoms with Gasteiger partial charge in [-0.15, -0.1) is 22.7 Å². The van der Waals surface area contributed by atoms with Gasteiger partial charge in [-0.3, -0.25) is 4.79 Å². The molecule has 0 aliphatic heterocycles. The van der Waals surface area contributed by atoms with Crippen molar-refractivity contribution in [1.82, 2.24) is 14.7 Å². The third kappa shape index (κ3) is 6.09. The van der Waals surface area contributed by atoms with Crippen LogP contribution in [0.3, 0.4) is 0 Å². The molecule has 1 aromatic carbocycles. The molecule has 10 heteroatoms. The van der Waals surface area contributed by atoms with Crippen LogP contribution in [0.2, 0.25) is 0 Å². The van der Waals surface area contributed by atoms with E-state index in [1.807, 2.05) is 47.4 Å². The van der Waals surface area contributed by atoms with Gasteiger partial charge in [0, 0.05) is 29.8 Å². The highest BCUT2D eigenvalue weighted by molar-refractivity contribution is 7.89. The van der Waals surface area contributed by atoms with Crippen LogP contribution in [-0.4, -0.2) is 37.1 Å². The maximum atomic E-state index is 12.3. The van der Waals surface area contributed by atoms with Crippen molar-refractivity contribution in [2.24, 2.45) is 0 Å². The van der Waals surface area contributed by atoms with Gasteiger partial charge >= 0.3 is 0 Å². The fourth-order valence-corrected chi connectivity index (χ4v) is 4.78. The minimum atomic E-state index is -3.65. The lowest BCUT2D eigenvalue weighted by Crippen LogP contribution is -2.30. The number of aryl methyl sites for hydroxylation is 2. The van der Waals surface area contributed by atoms with E-state index in [0.29, 0.717) is 23.1 Å². The van der Waals surface area contributed by atoms with Crippen LogP contribution in [-0.2, 0) is 23.0 Å². The van der Waals surface area contributed by atoms with Gasteiger partial charge in [-0.1, -0.05) is 30.3 Å². The molecule has 0 saturated carbocycles. The number of amides is 1. The average Bonchev–Trinajstić information content (AvgIpc) is 3.23. The summed E-state index contributed by atoms with van der Waals surface area (Å²) in [5, 5.41) is 3.75. The van der Waals surface area contributed by atoms with E-state index < -0.39 is 15.9 Å². The highest BCUT2D eigenvalue weighted by Crippen LogP contribution is 2.27. The average molecular weight is 451 g/mol. The maximum Gasteiger partial charge on any atom is 0.284 e. The monoisotopic (exact) mass is 450 g/mol. The molecule has 3 aromatic rings. The molecule has 1 amide bonds. The van der Waals surface area contributed by atoms with Crippen molar-refractivity contribution >= 4 is 43.7 Å². The molecular formula is C19H22N4O3S3. The SMILES string of the molecule is Cc1nc(CCN(Cc2ccccc2)c2nc(C(=O)NS(C)(=O)=O)c(C)s2)cs1. The number of rotatable bonds is 8. The van der Waals surface area contributed by atoms with Crippen LogP contribution >= 0.6 is 22.7 Å². The van der Waals surface area contributed by atoms with Crippen LogP contribution in [0, 0.1) is 13.8 Å². The van der Waals surface area contributed by atoms with Gasteiger partial charge in [0.15, 0.2) is 5.13 Å². The summed E-state index contributed by atoms with van der Waals surface area (Å²) in [6.07, 6.45) is 1.70. The van der Waals surface area contributed by atoms with Crippen molar-refractivity contribution in [3.8, 4) is 0 Å². The van der Waals surface area contributed by atoms with E-state index in [9.17, 15) is 13.2 Å². The molecule has 0 atom stereocenters. The van der Waals surface area contributed by atoms with E-state index >= 15 is 0 Å². The molecule has 7 nitrogen and oxygen atoms in total. The third-order valence-electron chi connectivity index (χ3n) is 4.07. The van der Waals surface area contributed by atoms with Crippen molar-refractivity contribution in [2.45, 2.75) is 26.8 Å². The normalized spacial score (nSPS) is 11.4. The Kier molecular flexibility index (Phi) is 6.66. The number of nitrogens with zero attached hydrogens (tertiary/aromatic N) is 3. The summed E-state index contributed by atoms with van der Waals surface area (Å²) < 4.78 is 24.8. The molecule has 0 aliphatic rings. The van der Waals surface area contributed by atoms with Crippen LogP contribution in [0.25, 0.3) is 0 Å².